The van der Waals surface area contributed by atoms with Gasteiger partial charge in [0, 0.05) is 6.54 Å². The fourth-order valence-electron chi connectivity index (χ4n) is 2.52. The molecule has 1 N–H and O–H groups in total. The molecule has 0 unspecified atom stereocenters. The minimum Gasteiger partial charge on any atom is -0.494 e. The number of nitrogens with one attached hydrogen (secondary N) is 1. The Balaban J connectivity index is 1.74. The first kappa shape index (κ1) is 18.8. The van der Waals surface area contributed by atoms with Gasteiger partial charge < -0.3 is 14.8 Å². The number of amides is 1. The molecule has 2 aromatic rings. The Morgan fingerprint density at radius 3 is 2.56 bits per heavy atom. The number of rotatable bonds is 9. The molecule has 1 atom stereocenters. The van der Waals surface area contributed by atoms with E-state index in [0.29, 0.717) is 18.9 Å². The van der Waals surface area contributed by atoms with Crippen LogP contribution < -0.4 is 14.8 Å². The predicted octanol–water partition coefficient (Wildman–Crippen LogP) is 3.91. The van der Waals surface area contributed by atoms with Gasteiger partial charge in [0.25, 0.3) is 5.91 Å². The second kappa shape index (κ2) is 9.72. The molecule has 1 amide bonds. The molecule has 2 aromatic carbocycles. The van der Waals surface area contributed by atoms with Crippen LogP contribution in [0.1, 0.15) is 31.4 Å². The summed E-state index contributed by atoms with van der Waals surface area (Å²) in [5, 5.41) is 2.93. The van der Waals surface area contributed by atoms with Gasteiger partial charge in [-0.2, -0.15) is 0 Å². The molecule has 0 radical (unpaired) electrons. The maximum atomic E-state index is 12.1. The molecule has 0 bridgehead atoms. The summed E-state index contributed by atoms with van der Waals surface area (Å²) >= 11 is 0. The number of carbonyl (C=O) groups excluding carboxylic acids is 1. The van der Waals surface area contributed by atoms with Crippen LogP contribution >= 0.6 is 0 Å². The van der Waals surface area contributed by atoms with E-state index in [2.05, 4.69) is 11.4 Å². The Bertz CT molecular complexity index is 667. The zero-order valence-electron chi connectivity index (χ0n) is 15.2. The molecule has 0 aromatic heterocycles. The van der Waals surface area contributed by atoms with Gasteiger partial charge in [-0.3, -0.25) is 4.79 Å². The fourth-order valence-corrected chi connectivity index (χ4v) is 2.52. The number of benzene rings is 2. The Kier molecular flexibility index (Phi) is 7.33. The number of carbonyl (C=O) groups is 1. The van der Waals surface area contributed by atoms with E-state index >= 15 is 0 Å². The zero-order valence-corrected chi connectivity index (χ0v) is 15.2. The molecule has 4 heteroatoms. The first-order valence-electron chi connectivity index (χ1n) is 8.82. The van der Waals surface area contributed by atoms with E-state index in [1.54, 1.807) is 6.92 Å². The van der Waals surface area contributed by atoms with Crippen molar-refractivity contribution in [1.82, 2.24) is 5.32 Å². The van der Waals surface area contributed by atoms with Gasteiger partial charge in [0.1, 0.15) is 11.5 Å². The van der Waals surface area contributed by atoms with Gasteiger partial charge in [0.2, 0.25) is 0 Å². The molecule has 25 heavy (non-hydrogen) atoms. The maximum Gasteiger partial charge on any atom is 0.260 e. The van der Waals surface area contributed by atoms with Crippen molar-refractivity contribution in [3.8, 4) is 11.5 Å². The van der Waals surface area contributed by atoms with Gasteiger partial charge in [-0.1, -0.05) is 35.9 Å². The molecule has 2 rings (SSSR count). The summed E-state index contributed by atoms with van der Waals surface area (Å²) in [5.41, 5.74) is 2.33. The summed E-state index contributed by atoms with van der Waals surface area (Å²) in [6, 6.07) is 15.7. The van der Waals surface area contributed by atoms with Gasteiger partial charge in [-0.05, 0) is 57.4 Å². The molecular formula is C21H27NO3. The standard InChI is InChI=1S/C21H27NO3/c1-4-24-20-10-6-5-8-18(20)9-7-15-22-21(23)17(3)25-19-13-11-16(2)12-14-19/h5-6,8,10-14,17H,4,7,9,15H2,1-3H3,(H,22,23)/t17-/m0/s1. The molecule has 0 saturated carbocycles. The van der Waals surface area contributed by atoms with Crippen molar-refractivity contribution in [3.63, 3.8) is 0 Å². The van der Waals surface area contributed by atoms with Crippen LogP contribution in [-0.4, -0.2) is 25.2 Å². The summed E-state index contributed by atoms with van der Waals surface area (Å²) in [6.45, 7) is 7.03. The van der Waals surface area contributed by atoms with Crippen molar-refractivity contribution >= 4 is 5.91 Å². The third-order valence-electron chi connectivity index (χ3n) is 3.90. The van der Waals surface area contributed by atoms with Crippen molar-refractivity contribution in [2.45, 2.75) is 39.7 Å². The first-order valence-corrected chi connectivity index (χ1v) is 8.82. The van der Waals surface area contributed by atoms with Crippen LogP contribution in [0.5, 0.6) is 11.5 Å². The van der Waals surface area contributed by atoms with Gasteiger partial charge >= 0.3 is 0 Å². The van der Waals surface area contributed by atoms with E-state index < -0.39 is 6.10 Å². The second-order valence-corrected chi connectivity index (χ2v) is 6.01. The van der Waals surface area contributed by atoms with Crippen LogP contribution in [-0.2, 0) is 11.2 Å². The highest BCUT2D eigenvalue weighted by Gasteiger charge is 2.14. The van der Waals surface area contributed by atoms with E-state index in [-0.39, 0.29) is 5.91 Å². The first-order chi connectivity index (χ1) is 12.1. The van der Waals surface area contributed by atoms with Gasteiger partial charge in [-0.15, -0.1) is 0 Å². The van der Waals surface area contributed by atoms with E-state index in [9.17, 15) is 4.79 Å². The highest BCUT2D eigenvalue weighted by molar-refractivity contribution is 5.80. The van der Waals surface area contributed by atoms with Crippen LogP contribution in [0.4, 0.5) is 0 Å². The maximum absolute atomic E-state index is 12.1. The summed E-state index contributed by atoms with van der Waals surface area (Å²) in [4.78, 5) is 12.1. The third-order valence-corrected chi connectivity index (χ3v) is 3.90. The van der Waals surface area contributed by atoms with Crippen molar-refractivity contribution < 1.29 is 14.3 Å². The number of ether oxygens (including phenoxy) is 2. The normalized spacial score (nSPS) is 11.6. The second-order valence-electron chi connectivity index (χ2n) is 6.01. The molecule has 134 valence electrons. The topological polar surface area (TPSA) is 47.6 Å². The molecule has 0 fully saturated rings. The molecule has 0 heterocycles. The minimum atomic E-state index is -0.515. The lowest BCUT2D eigenvalue weighted by Crippen LogP contribution is -2.36. The molecule has 0 spiro atoms. The summed E-state index contributed by atoms with van der Waals surface area (Å²) in [7, 11) is 0. The largest absolute Gasteiger partial charge is 0.494 e. The molecule has 0 saturated heterocycles. The van der Waals surface area contributed by atoms with Crippen molar-refractivity contribution in [1.29, 1.82) is 0 Å². The lowest BCUT2D eigenvalue weighted by molar-refractivity contribution is -0.127. The molecule has 0 aliphatic carbocycles. The van der Waals surface area contributed by atoms with Crippen molar-refractivity contribution in [2.24, 2.45) is 0 Å². The highest BCUT2D eigenvalue weighted by atomic mass is 16.5. The SMILES string of the molecule is CCOc1ccccc1CCCNC(=O)[C@H](C)Oc1ccc(C)cc1. The third kappa shape index (κ3) is 6.14. The van der Waals surface area contributed by atoms with Crippen LogP contribution in [0.15, 0.2) is 48.5 Å². The van der Waals surface area contributed by atoms with Crippen LogP contribution in [0.3, 0.4) is 0 Å². The minimum absolute atomic E-state index is 0.0985. The molecule has 4 nitrogen and oxygen atoms in total. The van der Waals surface area contributed by atoms with E-state index in [1.165, 1.54) is 5.56 Å². The number of aryl methyl sites for hydroxylation is 2. The Morgan fingerprint density at radius 2 is 1.84 bits per heavy atom. The van der Waals surface area contributed by atoms with E-state index in [1.807, 2.05) is 56.3 Å². The molecular weight excluding hydrogens is 314 g/mol. The van der Waals surface area contributed by atoms with E-state index in [0.717, 1.165) is 24.2 Å². The van der Waals surface area contributed by atoms with Crippen LogP contribution in [0.25, 0.3) is 0 Å². The van der Waals surface area contributed by atoms with Gasteiger partial charge in [-0.25, -0.2) is 0 Å². The molecule has 0 aliphatic heterocycles. The quantitative estimate of drug-likeness (QED) is 0.704. The Morgan fingerprint density at radius 1 is 1.12 bits per heavy atom. The summed E-state index contributed by atoms with van der Waals surface area (Å²) in [5.74, 6) is 1.53. The molecule has 0 aliphatic rings. The van der Waals surface area contributed by atoms with Crippen molar-refractivity contribution in [3.05, 3.63) is 59.7 Å². The van der Waals surface area contributed by atoms with Gasteiger partial charge in [0.05, 0.1) is 6.61 Å². The summed E-state index contributed by atoms with van der Waals surface area (Å²) in [6.07, 6.45) is 1.20. The predicted molar refractivity (Wildman–Crippen MR) is 100 cm³/mol. The van der Waals surface area contributed by atoms with Crippen LogP contribution in [0.2, 0.25) is 0 Å². The number of hydrogen-bond acceptors (Lipinski definition) is 3. The lowest BCUT2D eigenvalue weighted by Gasteiger charge is -2.15. The average molecular weight is 341 g/mol. The highest BCUT2D eigenvalue weighted by Crippen LogP contribution is 2.19. The summed E-state index contributed by atoms with van der Waals surface area (Å²) < 4.78 is 11.3. The average Bonchev–Trinajstić information content (AvgIpc) is 2.62. The lowest BCUT2D eigenvalue weighted by atomic mass is 10.1. The van der Waals surface area contributed by atoms with Crippen molar-refractivity contribution in [2.75, 3.05) is 13.2 Å². The zero-order chi connectivity index (χ0) is 18.1. The van der Waals surface area contributed by atoms with Gasteiger partial charge in [0.15, 0.2) is 6.10 Å². The Labute approximate surface area is 150 Å². The Hall–Kier alpha value is -2.49. The van der Waals surface area contributed by atoms with Crippen LogP contribution in [0, 0.1) is 6.92 Å². The number of para-hydroxylation sites is 1. The number of hydrogen-bond donors (Lipinski definition) is 1. The monoisotopic (exact) mass is 341 g/mol. The van der Waals surface area contributed by atoms with E-state index in [4.69, 9.17) is 9.47 Å². The fraction of sp³-hybridized carbons (Fsp3) is 0.381. The smallest absolute Gasteiger partial charge is 0.260 e.